The van der Waals surface area contributed by atoms with Crippen LogP contribution in [0.25, 0.3) is 11.4 Å². The molecule has 0 amide bonds. The third-order valence-electron chi connectivity index (χ3n) is 5.65. The zero-order chi connectivity index (χ0) is 17.2. The fraction of sp³-hybridized carbons (Fsp3) is 0.550. The van der Waals surface area contributed by atoms with Crippen LogP contribution in [0.5, 0.6) is 0 Å². The first kappa shape index (κ1) is 16.5. The number of rotatable bonds is 3. The fourth-order valence-corrected chi connectivity index (χ4v) is 4.44. The second kappa shape index (κ2) is 7.08. The number of aliphatic hydroxyl groups excluding tert-OH is 1. The van der Waals surface area contributed by atoms with Crippen LogP contribution in [0.3, 0.4) is 0 Å². The van der Waals surface area contributed by atoms with E-state index in [-0.39, 0.29) is 6.10 Å². The molecule has 4 rings (SSSR count). The van der Waals surface area contributed by atoms with E-state index in [0.29, 0.717) is 12.0 Å². The summed E-state index contributed by atoms with van der Waals surface area (Å²) in [5, 5.41) is 10.5. The second-order valence-corrected chi connectivity index (χ2v) is 7.35. The summed E-state index contributed by atoms with van der Waals surface area (Å²) in [5.41, 5.74) is 1.97. The van der Waals surface area contributed by atoms with Crippen LogP contribution in [0, 0.1) is 12.8 Å². The Kier molecular flexibility index (Phi) is 4.66. The van der Waals surface area contributed by atoms with Gasteiger partial charge in [0, 0.05) is 48.2 Å². The average molecular weight is 338 g/mol. The molecule has 0 radical (unpaired) electrons. The Labute approximate surface area is 149 Å². The van der Waals surface area contributed by atoms with Gasteiger partial charge in [-0.25, -0.2) is 9.97 Å². The Balaban J connectivity index is 1.65. The van der Waals surface area contributed by atoms with Crippen molar-refractivity contribution >= 4 is 5.82 Å². The van der Waals surface area contributed by atoms with E-state index in [1.165, 1.54) is 12.8 Å². The minimum Gasteiger partial charge on any atom is -0.393 e. The lowest BCUT2D eigenvalue weighted by atomic mass is 9.80. The molecule has 2 fully saturated rings. The van der Waals surface area contributed by atoms with Gasteiger partial charge in [0.05, 0.1) is 6.10 Å². The van der Waals surface area contributed by atoms with Crippen molar-refractivity contribution in [2.45, 2.75) is 57.6 Å². The Bertz CT molecular complexity index is 721. The number of aromatic nitrogens is 3. The zero-order valence-corrected chi connectivity index (χ0v) is 14.8. The van der Waals surface area contributed by atoms with Crippen molar-refractivity contribution in [3.05, 3.63) is 36.3 Å². The average Bonchev–Trinajstić information content (AvgIpc) is 3.12. The lowest BCUT2D eigenvalue weighted by Gasteiger charge is -2.37. The van der Waals surface area contributed by atoms with Gasteiger partial charge < -0.3 is 10.0 Å². The zero-order valence-electron chi connectivity index (χ0n) is 14.8. The largest absolute Gasteiger partial charge is 0.393 e. The topological polar surface area (TPSA) is 62.1 Å². The Morgan fingerprint density at radius 3 is 2.64 bits per heavy atom. The lowest BCUT2D eigenvalue weighted by Crippen LogP contribution is -2.43. The minimum absolute atomic E-state index is 0.165. The van der Waals surface area contributed by atoms with Gasteiger partial charge in [0.25, 0.3) is 0 Å². The summed E-state index contributed by atoms with van der Waals surface area (Å²) < 4.78 is 0. The summed E-state index contributed by atoms with van der Waals surface area (Å²) in [6.45, 7) is 3.04. The molecule has 132 valence electrons. The molecule has 2 aromatic rings. The van der Waals surface area contributed by atoms with Crippen LogP contribution < -0.4 is 4.90 Å². The van der Waals surface area contributed by atoms with E-state index in [2.05, 4.69) is 20.9 Å². The molecule has 5 nitrogen and oxygen atoms in total. The third kappa shape index (κ3) is 3.38. The molecule has 1 saturated heterocycles. The van der Waals surface area contributed by atoms with Gasteiger partial charge in [-0.2, -0.15) is 0 Å². The van der Waals surface area contributed by atoms with Crippen LogP contribution in [0.4, 0.5) is 5.82 Å². The summed E-state index contributed by atoms with van der Waals surface area (Å²) in [5.74, 6) is 2.13. The van der Waals surface area contributed by atoms with Crippen molar-refractivity contribution in [3.8, 4) is 11.4 Å². The number of anilines is 1. The summed E-state index contributed by atoms with van der Waals surface area (Å²) in [6.07, 6.45) is 10.2. The normalized spacial score (nSPS) is 26.8. The van der Waals surface area contributed by atoms with Crippen LogP contribution in [0.2, 0.25) is 0 Å². The van der Waals surface area contributed by atoms with Crippen LogP contribution in [0.15, 0.2) is 30.6 Å². The van der Waals surface area contributed by atoms with E-state index in [1.54, 1.807) is 12.4 Å². The van der Waals surface area contributed by atoms with Crippen LogP contribution in [-0.2, 0) is 0 Å². The van der Waals surface area contributed by atoms with E-state index < -0.39 is 0 Å². The van der Waals surface area contributed by atoms with E-state index >= 15 is 0 Å². The molecule has 3 atom stereocenters. The van der Waals surface area contributed by atoms with Crippen molar-refractivity contribution in [2.75, 3.05) is 11.4 Å². The number of aryl methyl sites for hydroxylation is 1. The van der Waals surface area contributed by atoms with E-state index in [9.17, 15) is 5.11 Å². The predicted molar refractivity (Wildman–Crippen MR) is 98.3 cm³/mol. The highest BCUT2D eigenvalue weighted by Gasteiger charge is 2.37. The number of aliphatic hydroxyl groups is 1. The van der Waals surface area contributed by atoms with Crippen molar-refractivity contribution in [3.63, 3.8) is 0 Å². The quantitative estimate of drug-likeness (QED) is 0.930. The van der Waals surface area contributed by atoms with Gasteiger partial charge in [0.2, 0.25) is 0 Å². The maximum Gasteiger partial charge on any atom is 0.161 e. The summed E-state index contributed by atoms with van der Waals surface area (Å²) in [4.78, 5) is 16.0. The van der Waals surface area contributed by atoms with E-state index in [1.807, 2.05) is 19.1 Å². The van der Waals surface area contributed by atoms with Gasteiger partial charge in [-0.3, -0.25) is 4.98 Å². The highest BCUT2D eigenvalue weighted by Crippen LogP contribution is 2.37. The molecule has 25 heavy (non-hydrogen) atoms. The van der Waals surface area contributed by atoms with Gasteiger partial charge in [0.15, 0.2) is 5.82 Å². The third-order valence-corrected chi connectivity index (χ3v) is 5.65. The molecule has 3 unspecified atom stereocenters. The van der Waals surface area contributed by atoms with E-state index in [0.717, 1.165) is 55.1 Å². The maximum absolute atomic E-state index is 10.5. The fourth-order valence-electron chi connectivity index (χ4n) is 4.44. The first-order valence-corrected chi connectivity index (χ1v) is 9.43. The molecule has 0 spiro atoms. The monoisotopic (exact) mass is 338 g/mol. The molecule has 2 aromatic heterocycles. The lowest BCUT2D eigenvalue weighted by molar-refractivity contribution is 0.0565. The van der Waals surface area contributed by atoms with Gasteiger partial charge in [-0.15, -0.1) is 0 Å². The van der Waals surface area contributed by atoms with Crippen LogP contribution in [-0.4, -0.2) is 38.7 Å². The molecular formula is C20H26N4O. The molecule has 2 aliphatic rings. The molecule has 1 saturated carbocycles. The Hall–Kier alpha value is -2.01. The Morgan fingerprint density at radius 1 is 1.04 bits per heavy atom. The number of nitrogens with zero attached hydrogens (tertiary/aromatic N) is 4. The standard InChI is InChI=1S/C20H26N4O/c1-14-13-19(23-20(22-14)15-8-10-21-11-9-15)24-12-4-6-17(24)16-5-2-3-7-18(16)25/h8-11,13,16-18,25H,2-7,12H2,1H3. The highest BCUT2D eigenvalue weighted by molar-refractivity contribution is 5.57. The first-order chi connectivity index (χ1) is 12.2. The Morgan fingerprint density at radius 2 is 1.84 bits per heavy atom. The molecule has 0 bridgehead atoms. The SMILES string of the molecule is Cc1cc(N2CCCC2C2CCCCC2O)nc(-c2ccncc2)n1. The van der Waals surface area contributed by atoms with Crippen molar-refractivity contribution in [1.29, 1.82) is 0 Å². The van der Waals surface area contributed by atoms with E-state index in [4.69, 9.17) is 4.98 Å². The molecular weight excluding hydrogens is 312 g/mol. The van der Waals surface area contributed by atoms with Crippen molar-refractivity contribution in [2.24, 2.45) is 5.92 Å². The second-order valence-electron chi connectivity index (χ2n) is 7.35. The van der Waals surface area contributed by atoms with Crippen LogP contribution in [0.1, 0.15) is 44.2 Å². The summed E-state index contributed by atoms with van der Waals surface area (Å²) in [7, 11) is 0. The van der Waals surface area contributed by atoms with Gasteiger partial charge >= 0.3 is 0 Å². The molecule has 1 aliphatic carbocycles. The number of hydrogen-bond donors (Lipinski definition) is 1. The summed E-state index contributed by atoms with van der Waals surface area (Å²) >= 11 is 0. The van der Waals surface area contributed by atoms with Crippen LogP contribution >= 0.6 is 0 Å². The van der Waals surface area contributed by atoms with Gasteiger partial charge in [-0.05, 0) is 44.7 Å². The summed E-state index contributed by atoms with van der Waals surface area (Å²) in [6, 6.07) is 6.38. The van der Waals surface area contributed by atoms with Gasteiger partial charge in [0.1, 0.15) is 5.82 Å². The molecule has 5 heteroatoms. The van der Waals surface area contributed by atoms with Crippen molar-refractivity contribution < 1.29 is 5.11 Å². The highest BCUT2D eigenvalue weighted by atomic mass is 16.3. The maximum atomic E-state index is 10.5. The first-order valence-electron chi connectivity index (χ1n) is 9.43. The molecule has 0 aromatic carbocycles. The molecule has 3 heterocycles. The number of pyridine rings is 1. The smallest absolute Gasteiger partial charge is 0.161 e. The van der Waals surface area contributed by atoms with Gasteiger partial charge in [-0.1, -0.05) is 12.8 Å². The predicted octanol–water partition coefficient (Wildman–Crippen LogP) is 3.37. The van der Waals surface area contributed by atoms with Crippen molar-refractivity contribution in [1.82, 2.24) is 15.0 Å². The molecule has 1 N–H and O–H groups in total. The molecule has 1 aliphatic heterocycles. The number of hydrogen-bond acceptors (Lipinski definition) is 5. The minimum atomic E-state index is -0.165.